The van der Waals surface area contributed by atoms with Gasteiger partial charge in [-0.25, -0.2) is 9.10 Å². The minimum Gasteiger partial charge on any atom is -0.366 e. The molecule has 3 N–H and O–H groups in total. The molecule has 2 aromatic rings. The molecule has 2 rings (SSSR count). The predicted molar refractivity (Wildman–Crippen MR) is 95.1 cm³/mol. The van der Waals surface area contributed by atoms with Crippen LogP contribution in [0.25, 0.3) is 0 Å². The van der Waals surface area contributed by atoms with Crippen molar-refractivity contribution in [3.8, 4) is 0 Å². The Hall–Kier alpha value is -2.89. The lowest BCUT2D eigenvalue weighted by Gasteiger charge is -2.18. The molecule has 156 valence electrons. The van der Waals surface area contributed by atoms with E-state index < -0.39 is 47.5 Å². The predicted octanol–water partition coefficient (Wildman–Crippen LogP) is 4.38. The van der Waals surface area contributed by atoms with Gasteiger partial charge in [0.1, 0.15) is 0 Å². The maximum Gasteiger partial charge on any atom is 0.416 e. The fourth-order valence-electron chi connectivity index (χ4n) is 2.26. The number of urea groups is 1. The quantitative estimate of drug-likeness (QED) is 0.491. The van der Waals surface area contributed by atoms with Gasteiger partial charge in [-0.15, -0.1) is 0 Å². The summed E-state index contributed by atoms with van der Waals surface area (Å²) < 4.78 is 78.0. The molecule has 0 atom stereocenters. The van der Waals surface area contributed by atoms with Crippen LogP contribution in [0.1, 0.15) is 27.0 Å². The van der Waals surface area contributed by atoms with Crippen molar-refractivity contribution in [2.45, 2.75) is 18.9 Å². The normalized spacial score (nSPS) is 11.8. The summed E-state index contributed by atoms with van der Waals surface area (Å²) in [7, 11) is 0. The highest BCUT2D eigenvalue weighted by molar-refractivity contribution is 7.82. The lowest BCUT2D eigenvalue weighted by atomic mass is 10.0. The Labute approximate surface area is 166 Å². The van der Waals surface area contributed by atoms with Crippen molar-refractivity contribution in [3.05, 3.63) is 64.7 Å². The molecule has 0 unspecified atom stereocenters. The van der Waals surface area contributed by atoms with Gasteiger partial charge in [0.2, 0.25) is 5.91 Å². The summed E-state index contributed by atoms with van der Waals surface area (Å²) in [5.41, 5.74) is 2.08. The van der Waals surface area contributed by atoms with E-state index in [2.05, 4.69) is 18.1 Å². The number of hydrogen-bond acceptors (Lipinski definition) is 3. The SMILES string of the molecule is NC(=O)c1ccc(N(S)C(=O)NCc2cc(C(F)(F)F)cc(C(F)(F)F)c2)cc1. The number of nitrogens with two attached hydrogens (primary N) is 1. The van der Waals surface area contributed by atoms with Crippen molar-refractivity contribution < 1.29 is 35.9 Å². The molecular formula is C17H13F6N3O2S. The molecule has 0 bridgehead atoms. The molecule has 0 spiro atoms. The molecule has 2 aromatic carbocycles. The third-order valence-corrected chi connectivity index (χ3v) is 4.09. The van der Waals surface area contributed by atoms with Gasteiger partial charge < -0.3 is 11.1 Å². The van der Waals surface area contributed by atoms with E-state index in [0.29, 0.717) is 12.1 Å². The van der Waals surface area contributed by atoms with Gasteiger partial charge in [-0.2, -0.15) is 26.3 Å². The first-order chi connectivity index (χ1) is 13.3. The Morgan fingerprint density at radius 3 is 1.83 bits per heavy atom. The molecule has 12 heteroatoms. The van der Waals surface area contributed by atoms with Crippen molar-refractivity contribution in [1.82, 2.24) is 5.32 Å². The number of anilines is 1. The summed E-state index contributed by atoms with van der Waals surface area (Å²) in [6.07, 6.45) is -9.98. The standard InChI is InChI=1S/C17H13F6N3O2S/c18-16(19,20)11-5-9(6-12(7-11)17(21,22)23)8-25-15(28)26(29)13-3-1-10(2-4-13)14(24)27/h1-7,29H,8H2,(H2,24,27)(H,25,28). The fourth-order valence-corrected chi connectivity index (χ4v) is 2.46. The van der Waals surface area contributed by atoms with Crippen LogP contribution in [0.3, 0.4) is 0 Å². The van der Waals surface area contributed by atoms with Crippen molar-refractivity contribution in [1.29, 1.82) is 0 Å². The molecule has 5 nitrogen and oxygen atoms in total. The minimum absolute atomic E-state index is 0.00345. The van der Waals surface area contributed by atoms with Gasteiger partial charge in [-0.1, -0.05) is 12.8 Å². The first-order valence-electron chi connectivity index (χ1n) is 7.74. The van der Waals surface area contributed by atoms with E-state index in [1.807, 2.05) is 0 Å². The van der Waals surface area contributed by atoms with Crippen molar-refractivity contribution in [2.75, 3.05) is 4.31 Å². The van der Waals surface area contributed by atoms with Gasteiger partial charge in [-0.3, -0.25) is 4.79 Å². The topological polar surface area (TPSA) is 75.4 Å². The second kappa shape index (κ2) is 8.23. The van der Waals surface area contributed by atoms with Gasteiger partial charge in [0.05, 0.1) is 16.8 Å². The number of nitrogens with one attached hydrogen (secondary N) is 1. The average Bonchev–Trinajstić information content (AvgIpc) is 2.64. The zero-order valence-corrected chi connectivity index (χ0v) is 15.2. The first kappa shape index (κ1) is 22.4. The van der Waals surface area contributed by atoms with Crippen LogP contribution in [-0.2, 0) is 18.9 Å². The number of amides is 3. The number of carbonyl (C=O) groups excluding carboxylic acids is 2. The summed E-state index contributed by atoms with van der Waals surface area (Å²) in [6, 6.07) is 5.41. The maximum atomic E-state index is 12.9. The van der Waals surface area contributed by atoms with E-state index in [4.69, 9.17) is 5.73 Å². The monoisotopic (exact) mass is 437 g/mol. The Kier molecular flexibility index (Phi) is 6.36. The molecule has 0 aliphatic heterocycles. The largest absolute Gasteiger partial charge is 0.416 e. The summed E-state index contributed by atoms with van der Waals surface area (Å²) >= 11 is 3.92. The first-order valence-corrected chi connectivity index (χ1v) is 8.14. The third-order valence-electron chi connectivity index (χ3n) is 3.68. The fraction of sp³-hybridized carbons (Fsp3) is 0.176. The number of primary amides is 1. The number of hydrogen-bond donors (Lipinski definition) is 3. The number of nitrogens with zero attached hydrogens (tertiary/aromatic N) is 1. The molecule has 0 aromatic heterocycles. The maximum absolute atomic E-state index is 12.9. The number of carbonyl (C=O) groups is 2. The van der Waals surface area contributed by atoms with Crippen LogP contribution in [0.4, 0.5) is 36.8 Å². The second-order valence-electron chi connectivity index (χ2n) is 5.80. The summed E-state index contributed by atoms with van der Waals surface area (Å²) in [5, 5.41) is 2.18. The summed E-state index contributed by atoms with van der Waals surface area (Å²) in [5.74, 6) is -0.697. The molecule has 0 saturated carbocycles. The van der Waals surface area contributed by atoms with Gasteiger partial charge in [0, 0.05) is 12.1 Å². The second-order valence-corrected chi connectivity index (χ2v) is 6.20. The molecule has 0 heterocycles. The van der Waals surface area contributed by atoms with Crippen LogP contribution in [0, 0.1) is 0 Å². The molecule has 0 aliphatic carbocycles. The Balaban J connectivity index is 2.17. The van der Waals surface area contributed by atoms with E-state index >= 15 is 0 Å². The Morgan fingerprint density at radius 1 is 0.931 bits per heavy atom. The van der Waals surface area contributed by atoms with Crippen molar-refractivity contribution >= 4 is 30.4 Å². The van der Waals surface area contributed by atoms with Crippen LogP contribution in [0.5, 0.6) is 0 Å². The molecule has 3 amide bonds. The molecular weight excluding hydrogens is 424 g/mol. The van der Waals surface area contributed by atoms with E-state index in [-0.39, 0.29) is 17.3 Å². The summed E-state index contributed by atoms with van der Waals surface area (Å²) in [4.78, 5) is 23.1. The number of alkyl halides is 6. The smallest absolute Gasteiger partial charge is 0.366 e. The van der Waals surface area contributed by atoms with Gasteiger partial charge in [-0.05, 0) is 48.0 Å². The number of thiol groups is 1. The van der Waals surface area contributed by atoms with Crippen LogP contribution < -0.4 is 15.4 Å². The van der Waals surface area contributed by atoms with Crippen molar-refractivity contribution in [3.63, 3.8) is 0 Å². The number of benzene rings is 2. The highest BCUT2D eigenvalue weighted by Crippen LogP contribution is 2.36. The number of rotatable bonds is 4. The van der Waals surface area contributed by atoms with Crippen molar-refractivity contribution in [2.24, 2.45) is 5.73 Å². The highest BCUT2D eigenvalue weighted by Gasteiger charge is 2.36. The van der Waals surface area contributed by atoms with Gasteiger partial charge in [0.15, 0.2) is 0 Å². The minimum atomic E-state index is -4.99. The molecule has 0 radical (unpaired) electrons. The van der Waals surface area contributed by atoms with E-state index in [1.54, 1.807) is 0 Å². The van der Waals surface area contributed by atoms with E-state index in [9.17, 15) is 35.9 Å². The average molecular weight is 437 g/mol. The zero-order valence-electron chi connectivity index (χ0n) is 14.3. The van der Waals surface area contributed by atoms with Crippen LogP contribution in [0.15, 0.2) is 42.5 Å². The van der Waals surface area contributed by atoms with E-state index in [0.717, 1.165) is 4.31 Å². The van der Waals surface area contributed by atoms with Crippen LogP contribution in [-0.4, -0.2) is 11.9 Å². The van der Waals surface area contributed by atoms with Crippen LogP contribution in [0.2, 0.25) is 0 Å². The molecule has 0 saturated heterocycles. The summed E-state index contributed by atoms with van der Waals surface area (Å²) in [6.45, 7) is -0.609. The lowest BCUT2D eigenvalue weighted by molar-refractivity contribution is -0.143. The Bertz CT molecular complexity index is 881. The van der Waals surface area contributed by atoms with E-state index in [1.165, 1.54) is 24.3 Å². The Morgan fingerprint density at radius 2 is 1.41 bits per heavy atom. The number of halogens is 6. The highest BCUT2D eigenvalue weighted by atomic mass is 32.1. The zero-order chi connectivity index (χ0) is 22.0. The van der Waals surface area contributed by atoms with Gasteiger partial charge in [0.25, 0.3) is 0 Å². The third kappa shape index (κ3) is 5.79. The van der Waals surface area contributed by atoms with Crippen LogP contribution >= 0.6 is 12.8 Å². The molecule has 0 fully saturated rings. The molecule has 0 aliphatic rings. The molecule has 29 heavy (non-hydrogen) atoms. The van der Waals surface area contributed by atoms with Gasteiger partial charge >= 0.3 is 18.4 Å². The lowest BCUT2D eigenvalue weighted by Crippen LogP contribution is -2.33.